The van der Waals surface area contributed by atoms with Gasteiger partial charge in [-0.05, 0) is 55.8 Å². The Bertz CT molecular complexity index is 958. The summed E-state index contributed by atoms with van der Waals surface area (Å²) < 4.78 is 30.9. The van der Waals surface area contributed by atoms with Gasteiger partial charge in [0.1, 0.15) is 5.75 Å². The lowest BCUT2D eigenvalue weighted by Gasteiger charge is -2.22. The summed E-state index contributed by atoms with van der Waals surface area (Å²) >= 11 is 0. The van der Waals surface area contributed by atoms with Crippen molar-refractivity contribution in [2.75, 3.05) is 29.0 Å². The quantitative estimate of drug-likeness (QED) is 0.613. The fourth-order valence-electron chi connectivity index (χ4n) is 2.72. The lowest BCUT2D eigenvalue weighted by Crippen LogP contribution is -2.31. The van der Waals surface area contributed by atoms with Gasteiger partial charge in [-0.3, -0.25) is 13.9 Å². The van der Waals surface area contributed by atoms with E-state index in [9.17, 15) is 18.0 Å². The molecule has 2 amide bonds. The topological polar surface area (TPSA) is 119 Å². The van der Waals surface area contributed by atoms with E-state index in [0.29, 0.717) is 35.7 Å². The van der Waals surface area contributed by atoms with Gasteiger partial charge in [-0.1, -0.05) is 6.07 Å². The normalized spacial score (nSPS) is 11.0. The van der Waals surface area contributed by atoms with Crippen molar-refractivity contribution in [3.8, 4) is 5.75 Å². The van der Waals surface area contributed by atoms with Crippen molar-refractivity contribution in [1.29, 1.82) is 0 Å². The van der Waals surface area contributed by atoms with Gasteiger partial charge in [-0.25, -0.2) is 8.42 Å². The molecular formula is C20H25N3O5S. The monoisotopic (exact) mass is 419 g/mol. The number of nitrogens with one attached hydrogen (secondary N) is 1. The zero-order chi connectivity index (χ0) is 21.4. The van der Waals surface area contributed by atoms with Crippen LogP contribution in [0.4, 0.5) is 11.4 Å². The predicted molar refractivity (Wildman–Crippen MR) is 113 cm³/mol. The summed E-state index contributed by atoms with van der Waals surface area (Å²) in [4.78, 5) is 23.4. The van der Waals surface area contributed by atoms with Crippen LogP contribution in [0.3, 0.4) is 0 Å². The zero-order valence-electron chi connectivity index (χ0n) is 16.4. The van der Waals surface area contributed by atoms with E-state index in [1.54, 1.807) is 42.5 Å². The number of ether oxygens (including phenoxy) is 1. The van der Waals surface area contributed by atoms with Gasteiger partial charge in [-0.15, -0.1) is 0 Å². The van der Waals surface area contributed by atoms with E-state index in [-0.39, 0.29) is 18.9 Å². The van der Waals surface area contributed by atoms with Crippen molar-refractivity contribution < 1.29 is 22.7 Å². The number of benzene rings is 2. The van der Waals surface area contributed by atoms with Crippen LogP contribution in [-0.2, 0) is 14.8 Å². The lowest BCUT2D eigenvalue weighted by molar-refractivity contribution is -0.116. The SMILES string of the molecule is CCOc1ccc(N(CCCC(=O)Nc2cccc(C(N)=O)c2)S(C)(=O)=O)cc1. The van der Waals surface area contributed by atoms with Crippen molar-refractivity contribution in [3.05, 3.63) is 54.1 Å². The standard InChI is InChI=1S/C20H25N3O5S/c1-3-28-18-11-9-17(10-12-18)23(29(2,26)27)13-5-8-19(24)22-16-7-4-6-15(14-16)20(21)25/h4,6-7,9-12,14H,3,5,8,13H2,1-2H3,(H2,21,25)(H,22,24). The van der Waals surface area contributed by atoms with Crippen LogP contribution in [0.25, 0.3) is 0 Å². The minimum Gasteiger partial charge on any atom is -0.494 e. The summed E-state index contributed by atoms with van der Waals surface area (Å²) in [6.45, 7) is 2.54. The van der Waals surface area contributed by atoms with Crippen LogP contribution >= 0.6 is 0 Å². The van der Waals surface area contributed by atoms with Crippen LogP contribution < -0.4 is 20.1 Å². The predicted octanol–water partition coefficient (Wildman–Crippen LogP) is 2.37. The van der Waals surface area contributed by atoms with Crippen LogP contribution in [0.5, 0.6) is 5.75 Å². The average molecular weight is 420 g/mol. The van der Waals surface area contributed by atoms with Crippen molar-refractivity contribution >= 4 is 33.2 Å². The fraction of sp³-hybridized carbons (Fsp3) is 0.300. The van der Waals surface area contributed by atoms with Gasteiger partial charge in [0, 0.05) is 24.2 Å². The summed E-state index contributed by atoms with van der Waals surface area (Å²) in [5.41, 5.74) is 6.48. The molecule has 156 valence electrons. The van der Waals surface area contributed by atoms with Gasteiger partial charge in [0.05, 0.1) is 18.6 Å². The number of carbonyl (C=O) groups excluding carboxylic acids is 2. The van der Waals surface area contributed by atoms with Gasteiger partial charge in [-0.2, -0.15) is 0 Å². The first-order valence-corrected chi connectivity index (χ1v) is 11.0. The van der Waals surface area contributed by atoms with Crippen molar-refractivity contribution in [2.45, 2.75) is 19.8 Å². The Balaban J connectivity index is 1.97. The molecule has 29 heavy (non-hydrogen) atoms. The summed E-state index contributed by atoms with van der Waals surface area (Å²) in [5, 5.41) is 2.68. The van der Waals surface area contributed by atoms with Crippen molar-refractivity contribution in [3.63, 3.8) is 0 Å². The number of nitrogens with two attached hydrogens (primary N) is 1. The molecule has 0 heterocycles. The van der Waals surface area contributed by atoms with E-state index in [0.717, 1.165) is 6.26 Å². The lowest BCUT2D eigenvalue weighted by atomic mass is 10.2. The zero-order valence-corrected chi connectivity index (χ0v) is 17.2. The second-order valence-electron chi connectivity index (χ2n) is 6.36. The molecule has 0 bridgehead atoms. The van der Waals surface area contributed by atoms with Crippen LogP contribution in [0.1, 0.15) is 30.1 Å². The molecule has 8 nitrogen and oxygen atoms in total. The van der Waals surface area contributed by atoms with E-state index >= 15 is 0 Å². The Morgan fingerprint density at radius 1 is 1.14 bits per heavy atom. The van der Waals surface area contributed by atoms with Gasteiger partial charge in [0.2, 0.25) is 21.8 Å². The number of anilines is 2. The minimum absolute atomic E-state index is 0.115. The molecule has 0 saturated heterocycles. The molecule has 0 unspecified atom stereocenters. The van der Waals surface area contributed by atoms with Crippen LogP contribution in [0.2, 0.25) is 0 Å². The van der Waals surface area contributed by atoms with Gasteiger partial charge in [0.25, 0.3) is 0 Å². The van der Waals surface area contributed by atoms with E-state index in [1.165, 1.54) is 10.4 Å². The average Bonchev–Trinajstić information content (AvgIpc) is 2.65. The third-order valence-corrected chi connectivity index (χ3v) is 5.23. The van der Waals surface area contributed by atoms with Crippen molar-refractivity contribution in [2.24, 2.45) is 5.73 Å². The van der Waals surface area contributed by atoms with E-state index in [2.05, 4.69) is 5.32 Å². The second kappa shape index (κ2) is 9.92. The van der Waals surface area contributed by atoms with Crippen LogP contribution in [0.15, 0.2) is 48.5 Å². The number of hydrogen-bond donors (Lipinski definition) is 2. The molecule has 0 aromatic heterocycles. The Hall–Kier alpha value is -3.07. The first kappa shape index (κ1) is 22.2. The number of nitrogens with zero attached hydrogens (tertiary/aromatic N) is 1. The molecule has 9 heteroatoms. The smallest absolute Gasteiger partial charge is 0.248 e. The van der Waals surface area contributed by atoms with E-state index in [1.807, 2.05) is 6.92 Å². The largest absolute Gasteiger partial charge is 0.494 e. The summed E-state index contributed by atoms with van der Waals surface area (Å²) in [5.74, 6) is -0.214. The first-order valence-electron chi connectivity index (χ1n) is 9.11. The Morgan fingerprint density at radius 2 is 1.83 bits per heavy atom. The van der Waals surface area contributed by atoms with Gasteiger partial charge in [0.15, 0.2) is 0 Å². The molecule has 0 spiro atoms. The van der Waals surface area contributed by atoms with E-state index in [4.69, 9.17) is 10.5 Å². The molecule has 0 saturated carbocycles. The molecule has 0 atom stereocenters. The Kier molecular flexibility index (Phi) is 7.60. The highest BCUT2D eigenvalue weighted by molar-refractivity contribution is 7.92. The van der Waals surface area contributed by atoms with E-state index < -0.39 is 15.9 Å². The number of carbonyl (C=O) groups is 2. The highest BCUT2D eigenvalue weighted by Crippen LogP contribution is 2.22. The molecule has 0 fully saturated rings. The molecular weight excluding hydrogens is 394 g/mol. The highest BCUT2D eigenvalue weighted by Gasteiger charge is 2.18. The first-order chi connectivity index (χ1) is 13.7. The van der Waals surface area contributed by atoms with Crippen LogP contribution in [0, 0.1) is 0 Å². The summed E-state index contributed by atoms with van der Waals surface area (Å²) in [6, 6.07) is 13.1. The molecule has 3 N–H and O–H groups in total. The highest BCUT2D eigenvalue weighted by atomic mass is 32.2. The van der Waals surface area contributed by atoms with Crippen LogP contribution in [-0.4, -0.2) is 39.6 Å². The molecule has 2 rings (SSSR count). The summed E-state index contributed by atoms with van der Waals surface area (Å²) in [6.07, 6.45) is 1.56. The molecule has 0 radical (unpaired) electrons. The molecule has 2 aromatic rings. The fourth-order valence-corrected chi connectivity index (χ4v) is 3.68. The third kappa shape index (κ3) is 6.79. The minimum atomic E-state index is -3.51. The maximum atomic E-state index is 12.2. The number of sulfonamides is 1. The maximum Gasteiger partial charge on any atom is 0.248 e. The summed E-state index contributed by atoms with van der Waals surface area (Å²) in [7, 11) is -3.51. The third-order valence-electron chi connectivity index (χ3n) is 4.03. The molecule has 0 aliphatic rings. The second-order valence-corrected chi connectivity index (χ2v) is 8.27. The van der Waals surface area contributed by atoms with Crippen molar-refractivity contribution in [1.82, 2.24) is 0 Å². The number of hydrogen-bond acceptors (Lipinski definition) is 5. The van der Waals surface area contributed by atoms with Gasteiger partial charge < -0.3 is 15.8 Å². The number of rotatable bonds is 10. The molecule has 0 aliphatic heterocycles. The molecule has 0 aliphatic carbocycles. The Labute approximate surface area is 170 Å². The Morgan fingerprint density at radius 3 is 2.41 bits per heavy atom. The number of primary amides is 1. The van der Waals surface area contributed by atoms with Gasteiger partial charge >= 0.3 is 0 Å². The maximum absolute atomic E-state index is 12.2. The molecule has 2 aromatic carbocycles. The number of amides is 2.